The second kappa shape index (κ2) is 4.93. The fourth-order valence-electron chi connectivity index (χ4n) is 1.33. The molecule has 1 aromatic rings. The molecule has 0 bridgehead atoms. The molecule has 0 aromatic carbocycles. The van der Waals surface area contributed by atoms with Crippen LogP contribution in [0.3, 0.4) is 0 Å². The van der Waals surface area contributed by atoms with Crippen LogP contribution in [-0.4, -0.2) is 36.8 Å². The molecule has 1 unspecified atom stereocenters. The van der Waals surface area contributed by atoms with Crippen LogP contribution in [0.1, 0.15) is 5.56 Å². The van der Waals surface area contributed by atoms with Crippen molar-refractivity contribution in [3.8, 4) is 0 Å². The lowest BCUT2D eigenvalue weighted by molar-refractivity contribution is 0.183. The Kier molecular flexibility index (Phi) is 3.85. The van der Waals surface area contributed by atoms with E-state index in [1.807, 2.05) is 31.1 Å². The van der Waals surface area contributed by atoms with Crippen molar-refractivity contribution in [2.45, 2.75) is 12.5 Å². The Hall–Kier alpha value is -1.13. The van der Waals surface area contributed by atoms with Gasteiger partial charge in [-0.25, -0.2) is 4.98 Å². The fourth-order valence-corrected chi connectivity index (χ4v) is 1.33. The van der Waals surface area contributed by atoms with E-state index in [1.165, 1.54) is 0 Å². The number of aliphatic hydroxyl groups excluding tert-OH is 1. The third-order valence-corrected chi connectivity index (χ3v) is 2.02. The molecular formula is C10H17N3O. The van der Waals surface area contributed by atoms with Gasteiger partial charge in [0.25, 0.3) is 0 Å². The number of aromatic nitrogens is 1. The van der Waals surface area contributed by atoms with Crippen LogP contribution in [0.5, 0.6) is 0 Å². The molecule has 0 aliphatic heterocycles. The molecule has 0 aliphatic carbocycles. The molecule has 0 amide bonds. The van der Waals surface area contributed by atoms with Gasteiger partial charge in [-0.05, 0) is 11.6 Å². The normalized spacial score (nSPS) is 12.6. The minimum absolute atomic E-state index is 0.280. The maximum atomic E-state index is 9.45. The summed E-state index contributed by atoms with van der Waals surface area (Å²) < 4.78 is 0. The standard InChI is InChI=1S/C10H17N3O/c1-13(2)10-8(4-3-5-12-10)6-9(14)7-11/h3-5,9,14H,6-7,11H2,1-2H3. The van der Waals surface area contributed by atoms with Crippen LogP contribution >= 0.6 is 0 Å². The summed E-state index contributed by atoms with van der Waals surface area (Å²) in [5.41, 5.74) is 6.39. The number of nitrogens with zero attached hydrogens (tertiary/aromatic N) is 2. The average Bonchev–Trinajstić information content (AvgIpc) is 2.18. The van der Waals surface area contributed by atoms with Crippen LogP contribution < -0.4 is 10.6 Å². The zero-order valence-electron chi connectivity index (χ0n) is 8.64. The SMILES string of the molecule is CN(C)c1ncccc1CC(O)CN. The van der Waals surface area contributed by atoms with Crippen molar-refractivity contribution in [2.24, 2.45) is 5.73 Å². The number of hydrogen-bond donors (Lipinski definition) is 2. The highest BCUT2D eigenvalue weighted by Crippen LogP contribution is 2.15. The lowest BCUT2D eigenvalue weighted by Gasteiger charge is -2.17. The van der Waals surface area contributed by atoms with Gasteiger partial charge >= 0.3 is 0 Å². The molecule has 1 aromatic heterocycles. The molecule has 0 radical (unpaired) electrons. The Labute approximate surface area is 84.4 Å². The number of nitrogens with two attached hydrogens (primary N) is 1. The van der Waals surface area contributed by atoms with Gasteiger partial charge in [0.05, 0.1) is 6.10 Å². The Morgan fingerprint density at radius 1 is 1.57 bits per heavy atom. The van der Waals surface area contributed by atoms with E-state index in [-0.39, 0.29) is 6.54 Å². The molecule has 1 heterocycles. The Balaban J connectivity index is 2.84. The van der Waals surface area contributed by atoms with Crippen molar-refractivity contribution in [3.05, 3.63) is 23.9 Å². The zero-order valence-corrected chi connectivity index (χ0v) is 8.64. The first-order chi connectivity index (χ1) is 6.65. The van der Waals surface area contributed by atoms with Crippen LogP contribution in [-0.2, 0) is 6.42 Å². The van der Waals surface area contributed by atoms with Crippen molar-refractivity contribution in [1.82, 2.24) is 4.98 Å². The van der Waals surface area contributed by atoms with Gasteiger partial charge in [0, 0.05) is 33.3 Å². The van der Waals surface area contributed by atoms with Gasteiger partial charge in [0.15, 0.2) is 0 Å². The Morgan fingerprint density at radius 3 is 2.86 bits per heavy atom. The maximum Gasteiger partial charge on any atom is 0.131 e. The molecule has 4 nitrogen and oxygen atoms in total. The molecule has 0 spiro atoms. The van der Waals surface area contributed by atoms with E-state index in [0.29, 0.717) is 6.42 Å². The van der Waals surface area contributed by atoms with Gasteiger partial charge in [-0.1, -0.05) is 6.07 Å². The van der Waals surface area contributed by atoms with Gasteiger partial charge in [-0.15, -0.1) is 0 Å². The zero-order chi connectivity index (χ0) is 10.6. The smallest absolute Gasteiger partial charge is 0.131 e. The van der Waals surface area contributed by atoms with E-state index in [1.54, 1.807) is 6.20 Å². The first-order valence-corrected chi connectivity index (χ1v) is 4.64. The van der Waals surface area contributed by atoms with Crippen molar-refractivity contribution in [1.29, 1.82) is 0 Å². The molecule has 0 aliphatic rings. The van der Waals surface area contributed by atoms with Crippen LogP contribution in [0.4, 0.5) is 5.82 Å². The highest BCUT2D eigenvalue weighted by molar-refractivity contribution is 5.45. The van der Waals surface area contributed by atoms with Crippen molar-refractivity contribution < 1.29 is 5.11 Å². The van der Waals surface area contributed by atoms with E-state index in [4.69, 9.17) is 5.73 Å². The van der Waals surface area contributed by atoms with Gasteiger partial charge in [-0.2, -0.15) is 0 Å². The summed E-state index contributed by atoms with van der Waals surface area (Å²) in [5, 5.41) is 9.45. The van der Waals surface area contributed by atoms with Crippen LogP contribution in [0.2, 0.25) is 0 Å². The van der Waals surface area contributed by atoms with Gasteiger partial charge in [0.2, 0.25) is 0 Å². The molecule has 3 N–H and O–H groups in total. The molecule has 0 fully saturated rings. The molecule has 0 saturated carbocycles. The molecule has 0 saturated heterocycles. The fraction of sp³-hybridized carbons (Fsp3) is 0.500. The third-order valence-electron chi connectivity index (χ3n) is 2.02. The lowest BCUT2D eigenvalue weighted by Crippen LogP contribution is -2.23. The molecular weight excluding hydrogens is 178 g/mol. The quantitative estimate of drug-likeness (QED) is 0.710. The molecule has 78 valence electrons. The predicted molar refractivity (Wildman–Crippen MR) is 57.3 cm³/mol. The maximum absolute atomic E-state index is 9.45. The van der Waals surface area contributed by atoms with Crippen LogP contribution in [0.15, 0.2) is 18.3 Å². The first-order valence-electron chi connectivity index (χ1n) is 4.64. The first kappa shape index (κ1) is 10.9. The van der Waals surface area contributed by atoms with Crippen molar-refractivity contribution >= 4 is 5.82 Å². The summed E-state index contributed by atoms with van der Waals surface area (Å²) >= 11 is 0. The summed E-state index contributed by atoms with van der Waals surface area (Å²) in [6.45, 7) is 0.280. The number of rotatable bonds is 4. The monoisotopic (exact) mass is 195 g/mol. The van der Waals surface area contributed by atoms with Crippen molar-refractivity contribution in [2.75, 3.05) is 25.5 Å². The van der Waals surface area contributed by atoms with E-state index < -0.39 is 6.10 Å². The largest absolute Gasteiger partial charge is 0.391 e. The minimum atomic E-state index is -0.488. The van der Waals surface area contributed by atoms with E-state index in [0.717, 1.165) is 11.4 Å². The average molecular weight is 195 g/mol. The van der Waals surface area contributed by atoms with Gasteiger partial charge in [-0.3, -0.25) is 0 Å². The van der Waals surface area contributed by atoms with E-state index in [2.05, 4.69) is 4.98 Å². The second-order valence-electron chi connectivity index (χ2n) is 3.47. The van der Waals surface area contributed by atoms with Crippen LogP contribution in [0, 0.1) is 0 Å². The van der Waals surface area contributed by atoms with E-state index in [9.17, 15) is 5.11 Å². The number of hydrogen-bond acceptors (Lipinski definition) is 4. The Morgan fingerprint density at radius 2 is 2.29 bits per heavy atom. The topological polar surface area (TPSA) is 62.4 Å². The summed E-state index contributed by atoms with van der Waals surface area (Å²) in [4.78, 5) is 6.17. The summed E-state index contributed by atoms with van der Waals surface area (Å²) in [5.74, 6) is 0.889. The lowest BCUT2D eigenvalue weighted by atomic mass is 10.1. The van der Waals surface area contributed by atoms with Crippen LogP contribution in [0.25, 0.3) is 0 Å². The highest BCUT2D eigenvalue weighted by atomic mass is 16.3. The predicted octanol–water partition coefficient (Wildman–Crippen LogP) is 0.00970. The Bertz CT molecular complexity index is 288. The third kappa shape index (κ3) is 2.68. The van der Waals surface area contributed by atoms with E-state index >= 15 is 0 Å². The molecule has 1 atom stereocenters. The number of aliphatic hydroxyl groups is 1. The van der Waals surface area contributed by atoms with Gasteiger partial charge in [0.1, 0.15) is 5.82 Å². The van der Waals surface area contributed by atoms with Crippen molar-refractivity contribution in [3.63, 3.8) is 0 Å². The highest BCUT2D eigenvalue weighted by Gasteiger charge is 2.09. The molecule has 14 heavy (non-hydrogen) atoms. The number of pyridine rings is 1. The summed E-state index contributed by atoms with van der Waals surface area (Å²) in [6, 6.07) is 3.83. The minimum Gasteiger partial charge on any atom is -0.391 e. The number of anilines is 1. The van der Waals surface area contributed by atoms with Gasteiger partial charge < -0.3 is 15.7 Å². The second-order valence-corrected chi connectivity index (χ2v) is 3.47. The summed E-state index contributed by atoms with van der Waals surface area (Å²) in [7, 11) is 3.86. The molecule has 4 heteroatoms. The summed E-state index contributed by atoms with van der Waals surface area (Å²) in [6.07, 6.45) is 1.81. The molecule has 1 rings (SSSR count).